The van der Waals surface area contributed by atoms with Crippen molar-refractivity contribution in [3.63, 3.8) is 0 Å². The first-order valence-corrected chi connectivity index (χ1v) is 8.09. The maximum absolute atomic E-state index is 13.7. The minimum Gasteiger partial charge on any atom is -0.334 e. The molecule has 0 bridgehead atoms. The molecule has 2 N–H and O–H groups in total. The summed E-state index contributed by atoms with van der Waals surface area (Å²) in [5.74, 6) is 0.443. The molecule has 2 aliphatic rings. The topological polar surface area (TPSA) is 68.2 Å². The first kappa shape index (κ1) is 15.8. The molecule has 2 amide bonds. The van der Waals surface area contributed by atoms with Crippen LogP contribution in [0, 0.1) is 23.1 Å². The van der Waals surface area contributed by atoms with Crippen LogP contribution in [0.15, 0.2) is 18.2 Å². The van der Waals surface area contributed by atoms with Crippen LogP contribution < -0.4 is 10.6 Å². The zero-order chi connectivity index (χ0) is 16.2. The third kappa shape index (κ3) is 4.42. The molecular formula is C17H21FN4O. The van der Waals surface area contributed by atoms with E-state index in [0.717, 1.165) is 32.0 Å². The SMILES string of the molecule is N#Cc1ccc(F)c(CNC(=O)NC2CCN(CC3CC3)C2)c1. The third-order valence-corrected chi connectivity index (χ3v) is 4.44. The predicted octanol–water partition coefficient (Wildman–Crippen LogP) is 1.98. The summed E-state index contributed by atoms with van der Waals surface area (Å²) in [7, 11) is 0. The Labute approximate surface area is 135 Å². The summed E-state index contributed by atoms with van der Waals surface area (Å²) < 4.78 is 13.7. The first-order valence-electron chi connectivity index (χ1n) is 8.09. The Morgan fingerprint density at radius 1 is 1.39 bits per heavy atom. The molecule has 122 valence electrons. The minimum absolute atomic E-state index is 0.0751. The number of rotatable bonds is 5. The van der Waals surface area contributed by atoms with E-state index in [4.69, 9.17) is 5.26 Å². The smallest absolute Gasteiger partial charge is 0.315 e. The van der Waals surface area contributed by atoms with E-state index >= 15 is 0 Å². The molecule has 1 heterocycles. The van der Waals surface area contributed by atoms with E-state index in [1.54, 1.807) is 0 Å². The Hall–Kier alpha value is -2.13. The van der Waals surface area contributed by atoms with Gasteiger partial charge in [-0.2, -0.15) is 5.26 Å². The molecule has 1 saturated carbocycles. The number of halogens is 1. The van der Waals surface area contributed by atoms with Crippen molar-refractivity contribution in [3.8, 4) is 6.07 Å². The lowest BCUT2D eigenvalue weighted by molar-refractivity contribution is 0.235. The molecule has 0 spiro atoms. The summed E-state index contributed by atoms with van der Waals surface area (Å²) in [5.41, 5.74) is 0.705. The maximum atomic E-state index is 13.7. The number of amides is 2. The number of nitriles is 1. The highest BCUT2D eigenvalue weighted by atomic mass is 19.1. The van der Waals surface area contributed by atoms with Crippen LogP contribution in [0.2, 0.25) is 0 Å². The Kier molecular flexibility index (Phi) is 4.77. The second kappa shape index (κ2) is 6.97. The van der Waals surface area contributed by atoms with Crippen molar-refractivity contribution in [1.82, 2.24) is 15.5 Å². The monoisotopic (exact) mass is 316 g/mol. The van der Waals surface area contributed by atoms with Gasteiger partial charge in [-0.3, -0.25) is 0 Å². The van der Waals surface area contributed by atoms with Gasteiger partial charge in [-0.05, 0) is 43.4 Å². The molecule has 0 aromatic heterocycles. The number of benzene rings is 1. The van der Waals surface area contributed by atoms with Gasteiger partial charge in [0.1, 0.15) is 5.82 Å². The second-order valence-corrected chi connectivity index (χ2v) is 6.43. The molecule has 1 aromatic carbocycles. The van der Waals surface area contributed by atoms with E-state index in [0.29, 0.717) is 11.1 Å². The van der Waals surface area contributed by atoms with Crippen LogP contribution in [-0.2, 0) is 6.54 Å². The van der Waals surface area contributed by atoms with Gasteiger partial charge in [0.05, 0.1) is 11.6 Å². The standard InChI is InChI=1S/C17H21FN4O/c18-16-4-3-13(8-19)7-14(16)9-20-17(23)21-15-5-6-22(11-15)10-12-1-2-12/h3-4,7,12,15H,1-2,5-6,9-11H2,(H2,20,21,23). The van der Waals surface area contributed by atoms with E-state index in [9.17, 15) is 9.18 Å². The molecule has 0 radical (unpaired) electrons. The molecule has 1 aliphatic heterocycles. The third-order valence-electron chi connectivity index (χ3n) is 4.44. The van der Waals surface area contributed by atoms with Gasteiger partial charge >= 0.3 is 6.03 Å². The van der Waals surface area contributed by atoms with Gasteiger partial charge in [0.15, 0.2) is 0 Å². The number of urea groups is 1. The Balaban J connectivity index is 1.44. The summed E-state index contributed by atoms with van der Waals surface area (Å²) >= 11 is 0. The fourth-order valence-corrected chi connectivity index (χ4v) is 2.97. The summed E-state index contributed by atoms with van der Waals surface area (Å²) in [6.07, 6.45) is 3.63. The molecule has 3 rings (SSSR count). The molecule has 23 heavy (non-hydrogen) atoms. The molecule has 1 unspecified atom stereocenters. The van der Waals surface area contributed by atoms with Crippen molar-refractivity contribution in [2.24, 2.45) is 5.92 Å². The highest BCUT2D eigenvalue weighted by molar-refractivity contribution is 5.74. The van der Waals surface area contributed by atoms with Crippen molar-refractivity contribution < 1.29 is 9.18 Å². The Bertz CT molecular complexity index is 624. The van der Waals surface area contributed by atoms with Crippen LogP contribution in [0.25, 0.3) is 0 Å². The van der Waals surface area contributed by atoms with Crippen LogP contribution in [0.4, 0.5) is 9.18 Å². The number of likely N-dealkylation sites (tertiary alicyclic amines) is 1. The summed E-state index contributed by atoms with van der Waals surface area (Å²) in [6, 6.07) is 5.97. The Morgan fingerprint density at radius 3 is 2.96 bits per heavy atom. The maximum Gasteiger partial charge on any atom is 0.315 e. The molecular weight excluding hydrogens is 295 g/mol. The lowest BCUT2D eigenvalue weighted by atomic mass is 10.1. The number of nitrogens with zero attached hydrogens (tertiary/aromatic N) is 2. The zero-order valence-corrected chi connectivity index (χ0v) is 13.0. The number of hydrogen-bond acceptors (Lipinski definition) is 3. The number of carbonyl (C=O) groups excluding carboxylic acids is 1. The highest BCUT2D eigenvalue weighted by Gasteiger charge is 2.29. The van der Waals surface area contributed by atoms with E-state index in [1.807, 2.05) is 6.07 Å². The average Bonchev–Trinajstić information content (AvgIpc) is 3.25. The van der Waals surface area contributed by atoms with Gasteiger partial charge in [-0.1, -0.05) is 0 Å². The van der Waals surface area contributed by atoms with Crippen LogP contribution >= 0.6 is 0 Å². The molecule has 1 aliphatic carbocycles. The van der Waals surface area contributed by atoms with Crippen LogP contribution in [0.1, 0.15) is 30.4 Å². The van der Waals surface area contributed by atoms with Crippen molar-refractivity contribution in [2.45, 2.75) is 31.8 Å². The lowest BCUT2D eigenvalue weighted by Gasteiger charge is -2.16. The molecule has 2 fully saturated rings. The summed E-state index contributed by atoms with van der Waals surface area (Å²) in [6.45, 7) is 3.14. The lowest BCUT2D eigenvalue weighted by Crippen LogP contribution is -2.43. The van der Waals surface area contributed by atoms with Gasteiger partial charge in [0.25, 0.3) is 0 Å². The van der Waals surface area contributed by atoms with Crippen LogP contribution in [-0.4, -0.2) is 36.6 Å². The molecule has 1 aromatic rings. The van der Waals surface area contributed by atoms with Crippen molar-refractivity contribution in [1.29, 1.82) is 5.26 Å². The van der Waals surface area contributed by atoms with E-state index in [-0.39, 0.29) is 18.6 Å². The van der Waals surface area contributed by atoms with Gasteiger partial charge in [0.2, 0.25) is 0 Å². The fourth-order valence-electron chi connectivity index (χ4n) is 2.97. The largest absolute Gasteiger partial charge is 0.334 e. The number of hydrogen-bond donors (Lipinski definition) is 2. The molecule has 6 heteroatoms. The van der Waals surface area contributed by atoms with Gasteiger partial charge in [0, 0.05) is 37.8 Å². The Morgan fingerprint density at radius 2 is 2.22 bits per heavy atom. The quantitative estimate of drug-likeness (QED) is 0.873. The van der Waals surface area contributed by atoms with Gasteiger partial charge in [-0.25, -0.2) is 9.18 Å². The van der Waals surface area contributed by atoms with E-state index < -0.39 is 5.82 Å². The minimum atomic E-state index is -0.416. The van der Waals surface area contributed by atoms with E-state index in [1.165, 1.54) is 31.0 Å². The van der Waals surface area contributed by atoms with Crippen molar-refractivity contribution in [2.75, 3.05) is 19.6 Å². The van der Waals surface area contributed by atoms with Gasteiger partial charge in [-0.15, -0.1) is 0 Å². The molecule has 1 saturated heterocycles. The number of nitrogens with one attached hydrogen (secondary N) is 2. The van der Waals surface area contributed by atoms with Crippen LogP contribution in [0.5, 0.6) is 0 Å². The van der Waals surface area contributed by atoms with Crippen LogP contribution in [0.3, 0.4) is 0 Å². The van der Waals surface area contributed by atoms with Crippen molar-refractivity contribution >= 4 is 6.03 Å². The van der Waals surface area contributed by atoms with Gasteiger partial charge < -0.3 is 15.5 Å². The second-order valence-electron chi connectivity index (χ2n) is 6.43. The summed E-state index contributed by atoms with van der Waals surface area (Å²) in [4.78, 5) is 14.4. The highest BCUT2D eigenvalue weighted by Crippen LogP contribution is 2.30. The average molecular weight is 316 g/mol. The summed E-state index contributed by atoms with van der Waals surface area (Å²) in [5, 5.41) is 14.4. The predicted molar refractivity (Wildman–Crippen MR) is 84.1 cm³/mol. The fraction of sp³-hybridized carbons (Fsp3) is 0.529. The zero-order valence-electron chi connectivity index (χ0n) is 13.0. The number of carbonyl (C=O) groups is 1. The van der Waals surface area contributed by atoms with E-state index in [2.05, 4.69) is 15.5 Å². The van der Waals surface area contributed by atoms with Crippen molar-refractivity contribution in [3.05, 3.63) is 35.1 Å². The molecule has 1 atom stereocenters. The molecule has 5 nitrogen and oxygen atoms in total. The first-order chi connectivity index (χ1) is 11.1. The normalized spacial score (nSPS) is 21.0.